The van der Waals surface area contributed by atoms with Gasteiger partial charge in [0.15, 0.2) is 0 Å². The summed E-state index contributed by atoms with van der Waals surface area (Å²) in [4.78, 5) is 28.8. The van der Waals surface area contributed by atoms with Crippen LogP contribution < -0.4 is 9.62 Å². The van der Waals surface area contributed by atoms with Crippen LogP contribution in [0.4, 0.5) is 5.69 Å². The molecule has 7 nitrogen and oxygen atoms in total. The van der Waals surface area contributed by atoms with Crippen LogP contribution in [0.15, 0.2) is 72.8 Å². The summed E-state index contributed by atoms with van der Waals surface area (Å²) in [6, 6.07) is 20.4. The molecule has 41 heavy (non-hydrogen) atoms. The first kappa shape index (κ1) is 32.7. The number of hydrogen-bond acceptors (Lipinski definition) is 4. The first-order valence-electron chi connectivity index (χ1n) is 13.3. The number of carbonyl (C=O) groups is 2. The predicted octanol–water partition coefficient (Wildman–Crippen LogP) is 6.36. The summed E-state index contributed by atoms with van der Waals surface area (Å²) in [6.07, 6.45) is 2.35. The quantitative estimate of drug-likeness (QED) is 0.223. The summed E-state index contributed by atoms with van der Waals surface area (Å²) in [6.45, 7) is 2.63. The number of amides is 2. The third kappa shape index (κ3) is 9.92. The van der Waals surface area contributed by atoms with E-state index in [-0.39, 0.29) is 48.5 Å². The highest BCUT2D eigenvalue weighted by Crippen LogP contribution is 2.31. The van der Waals surface area contributed by atoms with Crippen LogP contribution in [0.25, 0.3) is 0 Å². The summed E-state index contributed by atoms with van der Waals surface area (Å²) in [5.41, 5.74) is 1.97. The lowest BCUT2D eigenvalue weighted by Crippen LogP contribution is -2.50. The molecule has 0 saturated carbocycles. The molecule has 0 saturated heterocycles. The Morgan fingerprint density at radius 1 is 0.902 bits per heavy atom. The van der Waals surface area contributed by atoms with Gasteiger partial charge in [-0.3, -0.25) is 13.9 Å². The van der Waals surface area contributed by atoms with Crippen molar-refractivity contribution in [1.82, 2.24) is 10.2 Å². The van der Waals surface area contributed by atoms with Crippen LogP contribution in [0, 0.1) is 0 Å². The Balaban J connectivity index is 1.88. The molecule has 0 heterocycles. The Bertz CT molecular complexity index is 1420. The molecule has 2 amide bonds. The van der Waals surface area contributed by atoms with Gasteiger partial charge in [-0.05, 0) is 54.3 Å². The molecule has 0 aliphatic heterocycles. The molecule has 1 N–H and O–H groups in total. The SMILES string of the molecule is CCCNC(=O)C(Cc1ccccc1)N(Cc1ccc(Cl)cc1)C(=O)CCCN(c1cc(Cl)ccc1Cl)S(C)(=O)=O. The van der Waals surface area contributed by atoms with Gasteiger partial charge in [-0.15, -0.1) is 0 Å². The smallest absolute Gasteiger partial charge is 0.243 e. The molecular weight excluding hydrogens is 605 g/mol. The average Bonchev–Trinajstić information content (AvgIpc) is 2.94. The summed E-state index contributed by atoms with van der Waals surface area (Å²) in [5, 5.41) is 4.07. The number of nitrogens with one attached hydrogen (secondary N) is 1. The van der Waals surface area contributed by atoms with E-state index in [2.05, 4.69) is 5.32 Å². The van der Waals surface area contributed by atoms with Crippen molar-refractivity contribution < 1.29 is 18.0 Å². The van der Waals surface area contributed by atoms with E-state index in [1.807, 2.05) is 49.4 Å². The van der Waals surface area contributed by atoms with Crippen LogP contribution in [0.1, 0.15) is 37.3 Å². The Labute approximate surface area is 257 Å². The van der Waals surface area contributed by atoms with Crippen molar-refractivity contribution in [2.24, 2.45) is 0 Å². The van der Waals surface area contributed by atoms with Crippen molar-refractivity contribution in [1.29, 1.82) is 0 Å². The fraction of sp³-hybridized carbons (Fsp3) is 0.333. The van der Waals surface area contributed by atoms with Gasteiger partial charge in [0, 0.05) is 42.5 Å². The third-order valence-corrected chi connectivity index (χ3v) is 8.40. The van der Waals surface area contributed by atoms with E-state index >= 15 is 0 Å². The van der Waals surface area contributed by atoms with Gasteiger partial charge in [0.05, 0.1) is 17.0 Å². The summed E-state index contributed by atoms with van der Waals surface area (Å²) < 4.78 is 26.4. The molecule has 220 valence electrons. The van der Waals surface area contributed by atoms with E-state index < -0.39 is 16.1 Å². The van der Waals surface area contributed by atoms with Crippen LogP contribution in [-0.4, -0.2) is 50.5 Å². The van der Waals surface area contributed by atoms with Gasteiger partial charge in [-0.1, -0.05) is 84.2 Å². The molecule has 0 aliphatic carbocycles. The standard InChI is InChI=1S/C30H34Cl3N3O4S/c1-3-17-34-30(38)28(19-22-8-5-4-6-9-22)35(21-23-11-13-24(31)14-12-23)29(37)10-7-18-36(41(2,39)40)27-20-25(32)15-16-26(27)33/h4-6,8-9,11-16,20,28H,3,7,10,17-19,21H2,1-2H3,(H,34,38). The van der Waals surface area contributed by atoms with Crippen molar-refractivity contribution in [3.8, 4) is 0 Å². The molecular formula is C30H34Cl3N3O4S. The molecule has 3 rings (SSSR count). The van der Waals surface area contributed by atoms with Crippen molar-refractivity contribution in [2.45, 2.75) is 45.2 Å². The molecule has 0 fully saturated rings. The van der Waals surface area contributed by atoms with E-state index in [9.17, 15) is 18.0 Å². The number of sulfonamides is 1. The highest BCUT2D eigenvalue weighted by Gasteiger charge is 2.30. The largest absolute Gasteiger partial charge is 0.354 e. The molecule has 1 unspecified atom stereocenters. The number of halogens is 3. The maximum atomic E-state index is 13.8. The van der Waals surface area contributed by atoms with E-state index in [1.165, 1.54) is 12.1 Å². The van der Waals surface area contributed by atoms with E-state index in [4.69, 9.17) is 34.8 Å². The summed E-state index contributed by atoms with van der Waals surface area (Å²) >= 11 is 18.5. The molecule has 0 bridgehead atoms. The fourth-order valence-corrected chi connectivity index (χ4v) is 5.90. The summed E-state index contributed by atoms with van der Waals surface area (Å²) in [7, 11) is -3.72. The Morgan fingerprint density at radius 3 is 2.20 bits per heavy atom. The maximum absolute atomic E-state index is 13.8. The first-order chi connectivity index (χ1) is 19.5. The number of benzene rings is 3. The van der Waals surface area contributed by atoms with Gasteiger partial charge in [-0.2, -0.15) is 0 Å². The highest BCUT2D eigenvalue weighted by molar-refractivity contribution is 7.92. The van der Waals surface area contributed by atoms with Crippen LogP contribution in [0.5, 0.6) is 0 Å². The Hall–Kier alpha value is -2.78. The van der Waals surface area contributed by atoms with Gasteiger partial charge in [-0.25, -0.2) is 8.42 Å². The van der Waals surface area contributed by atoms with Crippen molar-refractivity contribution in [3.05, 3.63) is 99.0 Å². The zero-order valence-electron chi connectivity index (χ0n) is 23.0. The van der Waals surface area contributed by atoms with E-state index in [0.29, 0.717) is 23.0 Å². The maximum Gasteiger partial charge on any atom is 0.243 e. The highest BCUT2D eigenvalue weighted by atomic mass is 35.5. The van der Waals surface area contributed by atoms with E-state index in [1.54, 1.807) is 23.1 Å². The third-order valence-electron chi connectivity index (χ3n) is 6.42. The van der Waals surface area contributed by atoms with Crippen molar-refractivity contribution in [2.75, 3.05) is 23.7 Å². The molecule has 0 radical (unpaired) electrons. The van der Waals surface area contributed by atoms with Gasteiger partial charge in [0.1, 0.15) is 6.04 Å². The molecule has 11 heteroatoms. The van der Waals surface area contributed by atoms with Crippen LogP contribution in [-0.2, 0) is 32.6 Å². The normalized spacial score (nSPS) is 12.0. The number of rotatable bonds is 14. The Morgan fingerprint density at radius 2 is 1.56 bits per heavy atom. The molecule has 3 aromatic carbocycles. The van der Waals surface area contributed by atoms with E-state index in [0.717, 1.165) is 28.1 Å². The lowest BCUT2D eigenvalue weighted by Gasteiger charge is -2.32. The zero-order chi connectivity index (χ0) is 30.0. The second-order valence-electron chi connectivity index (χ2n) is 9.68. The second kappa shape index (κ2) is 15.4. The molecule has 0 spiro atoms. The fourth-order valence-electron chi connectivity index (χ4n) is 4.37. The van der Waals surface area contributed by atoms with Gasteiger partial charge in [0.2, 0.25) is 21.8 Å². The van der Waals surface area contributed by atoms with Crippen molar-refractivity contribution in [3.63, 3.8) is 0 Å². The number of nitrogens with zero attached hydrogens (tertiary/aromatic N) is 2. The lowest BCUT2D eigenvalue weighted by atomic mass is 10.0. The monoisotopic (exact) mass is 637 g/mol. The molecule has 0 aliphatic rings. The number of hydrogen-bond donors (Lipinski definition) is 1. The first-order valence-corrected chi connectivity index (χ1v) is 16.3. The molecule has 3 aromatic rings. The molecule has 0 aromatic heterocycles. The number of anilines is 1. The minimum absolute atomic E-state index is 0.00411. The second-order valence-corrected chi connectivity index (χ2v) is 12.9. The Kier molecular flexibility index (Phi) is 12.3. The predicted molar refractivity (Wildman–Crippen MR) is 167 cm³/mol. The van der Waals surface area contributed by atoms with Gasteiger partial charge < -0.3 is 10.2 Å². The molecule has 1 atom stereocenters. The zero-order valence-corrected chi connectivity index (χ0v) is 26.1. The van der Waals surface area contributed by atoms with Crippen LogP contribution in [0.3, 0.4) is 0 Å². The van der Waals surface area contributed by atoms with Crippen LogP contribution in [0.2, 0.25) is 15.1 Å². The topological polar surface area (TPSA) is 86.8 Å². The number of carbonyl (C=O) groups excluding carboxylic acids is 2. The minimum atomic E-state index is -3.72. The average molecular weight is 639 g/mol. The lowest BCUT2D eigenvalue weighted by molar-refractivity contribution is -0.141. The summed E-state index contributed by atoms with van der Waals surface area (Å²) in [5.74, 6) is -0.528. The van der Waals surface area contributed by atoms with Gasteiger partial charge in [0.25, 0.3) is 0 Å². The van der Waals surface area contributed by atoms with Crippen molar-refractivity contribution >= 4 is 62.3 Å². The van der Waals surface area contributed by atoms with Crippen LogP contribution >= 0.6 is 34.8 Å². The van der Waals surface area contributed by atoms with Gasteiger partial charge >= 0.3 is 0 Å². The minimum Gasteiger partial charge on any atom is -0.354 e.